The fourth-order valence-electron chi connectivity index (χ4n) is 1.50. The van der Waals surface area contributed by atoms with Crippen molar-refractivity contribution in [3.8, 4) is 0 Å². The molecule has 4 nitrogen and oxygen atoms in total. The first-order valence-corrected chi connectivity index (χ1v) is 5.96. The average molecular weight is 245 g/mol. The van der Waals surface area contributed by atoms with Crippen LogP contribution in [0.5, 0.6) is 0 Å². The third-order valence-corrected chi connectivity index (χ3v) is 2.45. The van der Waals surface area contributed by atoms with Crippen molar-refractivity contribution in [3.05, 3.63) is 42.1 Å². The van der Waals surface area contributed by atoms with Crippen LogP contribution >= 0.6 is 0 Å². The Kier molecular flexibility index (Phi) is 5.64. The Hall–Kier alpha value is -2.10. The van der Waals surface area contributed by atoms with Crippen molar-refractivity contribution in [2.45, 2.75) is 26.3 Å². The van der Waals surface area contributed by atoms with Crippen LogP contribution < -0.4 is 11.1 Å². The van der Waals surface area contributed by atoms with Gasteiger partial charge in [-0.1, -0.05) is 37.3 Å². The first kappa shape index (κ1) is 14.0. The van der Waals surface area contributed by atoms with Gasteiger partial charge < -0.3 is 11.1 Å². The molecule has 0 bridgehead atoms. The highest BCUT2D eigenvalue weighted by Crippen LogP contribution is 2.13. The van der Waals surface area contributed by atoms with Crippen LogP contribution in [0.25, 0.3) is 5.70 Å². The lowest BCUT2D eigenvalue weighted by Crippen LogP contribution is -2.33. The summed E-state index contributed by atoms with van der Waals surface area (Å²) in [6.07, 6.45) is 3.97. The lowest BCUT2D eigenvalue weighted by molar-refractivity contribution is -0.119. The summed E-state index contributed by atoms with van der Waals surface area (Å²) < 4.78 is 0. The Bertz CT molecular complexity index is 438. The molecule has 1 unspecified atom stereocenters. The van der Waals surface area contributed by atoms with Gasteiger partial charge in [0.25, 0.3) is 0 Å². The first-order chi connectivity index (χ1) is 8.67. The van der Waals surface area contributed by atoms with Gasteiger partial charge >= 0.3 is 0 Å². The smallest absolute Gasteiger partial charge is 0.217 e. The van der Waals surface area contributed by atoms with Gasteiger partial charge in [0.2, 0.25) is 5.91 Å². The first-order valence-electron chi connectivity index (χ1n) is 5.96. The summed E-state index contributed by atoms with van der Waals surface area (Å²) in [5, 5.41) is 2.80. The van der Waals surface area contributed by atoms with Crippen molar-refractivity contribution in [2.75, 3.05) is 0 Å². The second-order valence-corrected chi connectivity index (χ2v) is 3.91. The quantitative estimate of drug-likeness (QED) is 0.778. The van der Waals surface area contributed by atoms with Gasteiger partial charge in [0.1, 0.15) is 0 Å². The second kappa shape index (κ2) is 7.27. The molecule has 18 heavy (non-hydrogen) atoms. The van der Waals surface area contributed by atoms with Crippen LogP contribution in [0, 0.1) is 0 Å². The molecule has 96 valence electrons. The van der Waals surface area contributed by atoms with E-state index in [1.165, 1.54) is 13.1 Å². The maximum absolute atomic E-state index is 11.0. The highest BCUT2D eigenvalue weighted by atomic mass is 16.1. The van der Waals surface area contributed by atoms with Crippen LogP contribution in [0.4, 0.5) is 0 Å². The van der Waals surface area contributed by atoms with Gasteiger partial charge in [-0.3, -0.25) is 9.79 Å². The minimum Gasteiger partial charge on any atom is -0.403 e. The van der Waals surface area contributed by atoms with E-state index in [2.05, 4.69) is 10.3 Å². The summed E-state index contributed by atoms with van der Waals surface area (Å²) in [5.41, 5.74) is 7.22. The molecule has 3 N–H and O–H groups in total. The number of carbonyl (C=O) groups is 1. The van der Waals surface area contributed by atoms with Gasteiger partial charge in [-0.15, -0.1) is 0 Å². The monoisotopic (exact) mass is 245 g/mol. The minimum absolute atomic E-state index is 0.0636. The van der Waals surface area contributed by atoms with Gasteiger partial charge in [-0.25, -0.2) is 0 Å². The van der Waals surface area contributed by atoms with Crippen LogP contribution in [0.1, 0.15) is 25.8 Å². The highest BCUT2D eigenvalue weighted by Gasteiger charge is 2.04. The molecule has 1 atom stereocenters. The topological polar surface area (TPSA) is 67.5 Å². The molecule has 0 saturated heterocycles. The van der Waals surface area contributed by atoms with Gasteiger partial charge in [-0.2, -0.15) is 0 Å². The molecule has 1 rings (SSSR count). The maximum Gasteiger partial charge on any atom is 0.217 e. The number of amides is 1. The standard InChI is InChI=1S/C14H19N3O/c1-3-13(17-11(2)18)10-16-14(9-15)12-7-5-4-6-8-12/h4-10,13H,3,15H2,1-2H3,(H,17,18)/b14-9-,16-10?. The zero-order chi connectivity index (χ0) is 13.4. The van der Waals surface area contributed by atoms with E-state index in [1.54, 1.807) is 6.21 Å². The fourth-order valence-corrected chi connectivity index (χ4v) is 1.50. The Morgan fingerprint density at radius 1 is 1.44 bits per heavy atom. The van der Waals surface area contributed by atoms with Crippen LogP contribution in [-0.2, 0) is 4.79 Å². The summed E-state index contributed by atoms with van der Waals surface area (Å²) in [5.74, 6) is -0.0636. The van der Waals surface area contributed by atoms with E-state index >= 15 is 0 Å². The largest absolute Gasteiger partial charge is 0.403 e. The average Bonchev–Trinajstić information content (AvgIpc) is 2.39. The number of aliphatic imine (C=N–C) groups is 1. The number of hydrogen-bond donors (Lipinski definition) is 2. The third kappa shape index (κ3) is 4.41. The third-order valence-electron chi connectivity index (χ3n) is 2.45. The molecule has 0 heterocycles. The second-order valence-electron chi connectivity index (χ2n) is 3.91. The predicted octanol–water partition coefficient (Wildman–Crippen LogP) is 1.93. The normalized spacial score (nSPS) is 13.6. The van der Waals surface area contributed by atoms with Crippen molar-refractivity contribution < 1.29 is 4.79 Å². The van der Waals surface area contributed by atoms with E-state index in [0.29, 0.717) is 5.70 Å². The molecular weight excluding hydrogens is 226 g/mol. The number of nitrogens with two attached hydrogens (primary N) is 1. The Balaban J connectivity index is 2.77. The molecule has 0 aliphatic rings. The molecule has 0 spiro atoms. The van der Waals surface area contributed by atoms with E-state index in [4.69, 9.17) is 5.73 Å². The SMILES string of the molecule is CCC(C=N/C(=C\N)c1ccccc1)NC(C)=O. The van der Waals surface area contributed by atoms with E-state index in [1.807, 2.05) is 37.3 Å². The van der Waals surface area contributed by atoms with Crippen molar-refractivity contribution >= 4 is 17.8 Å². The Morgan fingerprint density at radius 2 is 2.11 bits per heavy atom. The number of benzene rings is 1. The van der Waals surface area contributed by atoms with Crippen molar-refractivity contribution in [3.63, 3.8) is 0 Å². The van der Waals surface area contributed by atoms with Gasteiger partial charge in [0.15, 0.2) is 0 Å². The Labute approximate surface area is 108 Å². The molecule has 0 aliphatic carbocycles. The lowest BCUT2D eigenvalue weighted by atomic mass is 10.1. The molecule has 0 aliphatic heterocycles. The van der Waals surface area contributed by atoms with Crippen molar-refractivity contribution in [1.29, 1.82) is 0 Å². The molecule has 0 aromatic heterocycles. The summed E-state index contributed by atoms with van der Waals surface area (Å²) in [6.45, 7) is 3.48. The number of nitrogens with zero attached hydrogens (tertiary/aromatic N) is 1. The number of rotatable bonds is 5. The fraction of sp³-hybridized carbons (Fsp3) is 0.286. The van der Waals surface area contributed by atoms with Gasteiger partial charge in [0, 0.05) is 24.9 Å². The molecular formula is C14H19N3O. The molecule has 4 heteroatoms. The van der Waals surface area contributed by atoms with E-state index in [9.17, 15) is 4.79 Å². The van der Waals surface area contributed by atoms with Gasteiger partial charge in [-0.05, 0) is 6.42 Å². The van der Waals surface area contributed by atoms with Crippen LogP contribution in [0.2, 0.25) is 0 Å². The van der Waals surface area contributed by atoms with E-state index < -0.39 is 0 Å². The summed E-state index contributed by atoms with van der Waals surface area (Å²) in [4.78, 5) is 15.3. The summed E-state index contributed by atoms with van der Waals surface area (Å²) in [7, 11) is 0. The molecule has 1 amide bonds. The molecule has 1 aromatic rings. The molecule has 0 radical (unpaired) electrons. The van der Waals surface area contributed by atoms with Crippen LogP contribution in [0.15, 0.2) is 41.5 Å². The molecule has 0 saturated carbocycles. The number of carbonyl (C=O) groups excluding carboxylic acids is 1. The zero-order valence-corrected chi connectivity index (χ0v) is 10.8. The van der Waals surface area contributed by atoms with E-state index in [-0.39, 0.29) is 11.9 Å². The molecule has 0 fully saturated rings. The Morgan fingerprint density at radius 3 is 2.61 bits per heavy atom. The van der Waals surface area contributed by atoms with Gasteiger partial charge in [0.05, 0.1) is 11.7 Å². The predicted molar refractivity (Wildman–Crippen MR) is 75.0 cm³/mol. The molecule has 1 aromatic carbocycles. The number of hydrogen-bond acceptors (Lipinski definition) is 3. The maximum atomic E-state index is 11.0. The zero-order valence-electron chi connectivity index (χ0n) is 10.8. The van der Waals surface area contributed by atoms with Crippen molar-refractivity contribution in [2.24, 2.45) is 10.7 Å². The van der Waals surface area contributed by atoms with E-state index in [0.717, 1.165) is 12.0 Å². The minimum atomic E-state index is -0.0684. The number of nitrogens with one attached hydrogen (secondary N) is 1. The van der Waals surface area contributed by atoms with Crippen LogP contribution in [-0.4, -0.2) is 18.2 Å². The lowest BCUT2D eigenvalue weighted by Gasteiger charge is -2.10. The summed E-state index contributed by atoms with van der Waals surface area (Å²) in [6, 6.07) is 9.61. The van der Waals surface area contributed by atoms with Crippen LogP contribution in [0.3, 0.4) is 0 Å². The highest BCUT2D eigenvalue weighted by molar-refractivity contribution is 5.81. The van der Waals surface area contributed by atoms with Crippen molar-refractivity contribution in [1.82, 2.24) is 5.32 Å². The summed E-state index contributed by atoms with van der Waals surface area (Å²) >= 11 is 0.